The van der Waals surface area contributed by atoms with Crippen LogP contribution in [0.1, 0.15) is 55.5 Å². The number of guanidine groups is 1. The van der Waals surface area contributed by atoms with Crippen LogP contribution < -0.4 is 16.0 Å². The molecule has 0 spiro atoms. The van der Waals surface area contributed by atoms with E-state index in [0.29, 0.717) is 24.9 Å². The summed E-state index contributed by atoms with van der Waals surface area (Å²) in [4.78, 5) is 26.5. The molecule has 3 N–H and O–H groups in total. The molecule has 4 bridgehead atoms. The first kappa shape index (κ1) is 22.7. The number of benzene rings is 1. The van der Waals surface area contributed by atoms with Gasteiger partial charge >= 0.3 is 6.03 Å². The van der Waals surface area contributed by atoms with E-state index in [1.807, 2.05) is 19.9 Å². The van der Waals surface area contributed by atoms with Crippen molar-refractivity contribution in [1.29, 1.82) is 0 Å². The summed E-state index contributed by atoms with van der Waals surface area (Å²) in [5.41, 5.74) is 2.55. The number of urea groups is 1. The van der Waals surface area contributed by atoms with E-state index in [4.69, 9.17) is 0 Å². The largest absolute Gasteiger partial charge is 0.332 e. The molecule has 1 aromatic heterocycles. The Morgan fingerprint density at radius 2 is 1.62 bits per heavy atom. The number of carbonyl (C=O) groups is 1. The Labute approximate surface area is 200 Å². The fraction of sp³-hybridized carbons (Fsp3) is 0.538. The summed E-state index contributed by atoms with van der Waals surface area (Å²) in [6, 6.07) is 8.04. The summed E-state index contributed by atoms with van der Waals surface area (Å²) in [5, 5.41) is 9.34. The molecule has 0 saturated heterocycles. The number of rotatable bonds is 5. The van der Waals surface area contributed by atoms with Crippen molar-refractivity contribution < 1.29 is 9.18 Å². The van der Waals surface area contributed by atoms with Gasteiger partial charge in [-0.1, -0.05) is 12.1 Å². The molecular weight excluding hydrogens is 431 g/mol. The number of hydrogen-bond donors (Lipinski definition) is 3. The number of aromatic nitrogens is 2. The van der Waals surface area contributed by atoms with Crippen molar-refractivity contribution in [1.82, 2.24) is 20.6 Å². The highest BCUT2D eigenvalue weighted by Gasteiger charge is 2.51. The van der Waals surface area contributed by atoms with Crippen LogP contribution in [0.25, 0.3) is 0 Å². The fourth-order valence-corrected chi connectivity index (χ4v) is 6.59. The van der Waals surface area contributed by atoms with Crippen molar-refractivity contribution in [2.24, 2.45) is 22.7 Å². The number of amides is 2. The minimum absolute atomic E-state index is 0.0888. The van der Waals surface area contributed by atoms with Gasteiger partial charge in [0.15, 0.2) is 0 Å². The third-order valence-corrected chi connectivity index (χ3v) is 7.45. The second-order valence-electron chi connectivity index (χ2n) is 10.5. The van der Waals surface area contributed by atoms with Gasteiger partial charge in [-0.2, -0.15) is 0 Å². The van der Waals surface area contributed by atoms with Crippen LogP contribution in [0, 0.1) is 37.4 Å². The molecule has 7 nitrogen and oxygen atoms in total. The van der Waals surface area contributed by atoms with Crippen molar-refractivity contribution in [2.75, 3.05) is 11.9 Å². The normalized spacial score (nSPS) is 27.5. The van der Waals surface area contributed by atoms with Crippen molar-refractivity contribution in [2.45, 2.75) is 64.3 Å². The van der Waals surface area contributed by atoms with Crippen LogP contribution in [0.2, 0.25) is 0 Å². The van der Waals surface area contributed by atoms with Gasteiger partial charge in [-0.05, 0) is 100 Å². The van der Waals surface area contributed by atoms with Gasteiger partial charge in [0.05, 0.1) is 0 Å². The summed E-state index contributed by atoms with van der Waals surface area (Å²) in [7, 11) is 0. The Balaban J connectivity index is 1.28. The number of halogens is 1. The summed E-state index contributed by atoms with van der Waals surface area (Å²) in [6.45, 7) is 4.23. The Hall–Kier alpha value is -3.03. The van der Waals surface area contributed by atoms with Crippen LogP contribution in [0.5, 0.6) is 0 Å². The second-order valence-corrected chi connectivity index (χ2v) is 10.5. The molecule has 0 radical (unpaired) electrons. The quantitative estimate of drug-likeness (QED) is 0.448. The zero-order valence-electron chi connectivity index (χ0n) is 19.9. The molecule has 2 amide bonds. The maximum Gasteiger partial charge on any atom is 0.321 e. The minimum Gasteiger partial charge on any atom is -0.332 e. The van der Waals surface area contributed by atoms with Crippen LogP contribution >= 0.6 is 0 Å². The lowest BCUT2D eigenvalue weighted by Crippen LogP contribution is -2.62. The van der Waals surface area contributed by atoms with Crippen LogP contribution in [0.15, 0.2) is 35.3 Å². The van der Waals surface area contributed by atoms with E-state index in [2.05, 4.69) is 30.9 Å². The van der Waals surface area contributed by atoms with Crippen LogP contribution in [0.4, 0.5) is 15.1 Å². The molecule has 8 heteroatoms. The Morgan fingerprint density at radius 3 is 2.21 bits per heavy atom. The molecule has 0 atom stereocenters. The summed E-state index contributed by atoms with van der Waals surface area (Å²) < 4.78 is 13.2. The number of aliphatic imine (C=N–C) groups is 1. The molecule has 4 aliphatic rings. The first-order valence-corrected chi connectivity index (χ1v) is 12.3. The first-order valence-electron chi connectivity index (χ1n) is 12.3. The van der Waals surface area contributed by atoms with Crippen LogP contribution in [-0.2, 0) is 6.42 Å². The lowest BCUT2D eigenvalue weighted by molar-refractivity contribution is -0.0132. The predicted molar refractivity (Wildman–Crippen MR) is 130 cm³/mol. The van der Waals surface area contributed by atoms with E-state index < -0.39 is 0 Å². The summed E-state index contributed by atoms with van der Waals surface area (Å²) in [5.74, 6) is 2.69. The van der Waals surface area contributed by atoms with Crippen molar-refractivity contribution in [3.8, 4) is 0 Å². The molecular formula is C26H33FN6O. The highest BCUT2D eigenvalue weighted by Crippen LogP contribution is 2.55. The number of nitrogens with one attached hydrogen (secondary N) is 3. The van der Waals surface area contributed by atoms with E-state index in [0.717, 1.165) is 54.0 Å². The topological polar surface area (TPSA) is 91.3 Å². The van der Waals surface area contributed by atoms with E-state index in [1.165, 1.54) is 31.4 Å². The zero-order valence-corrected chi connectivity index (χ0v) is 19.9. The number of anilines is 1. The minimum atomic E-state index is -0.260. The van der Waals surface area contributed by atoms with Gasteiger partial charge < -0.3 is 5.32 Å². The predicted octanol–water partition coefficient (Wildman–Crippen LogP) is 4.51. The molecule has 4 aliphatic carbocycles. The number of aryl methyl sites for hydroxylation is 2. The molecule has 0 aliphatic heterocycles. The van der Waals surface area contributed by atoms with Crippen molar-refractivity contribution in [3.63, 3.8) is 0 Å². The lowest BCUT2D eigenvalue weighted by Gasteiger charge is -2.56. The van der Waals surface area contributed by atoms with Crippen LogP contribution in [0.3, 0.4) is 0 Å². The number of nitrogens with zero attached hydrogens (tertiary/aromatic N) is 3. The molecule has 34 heavy (non-hydrogen) atoms. The van der Waals surface area contributed by atoms with Crippen LogP contribution in [-0.4, -0.2) is 34.0 Å². The fourth-order valence-electron chi connectivity index (χ4n) is 6.59. The maximum absolute atomic E-state index is 13.2. The van der Waals surface area contributed by atoms with E-state index in [1.54, 1.807) is 12.1 Å². The van der Waals surface area contributed by atoms with Gasteiger partial charge in [0, 0.05) is 23.5 Å². The second kappa shape index (κ2) is 9.31. The highest BCUT2D eigenvalue weighted by molar-refractivity contribution is 6.03. The molecule has 4 saturated carbocycles. The average molecular weight is 465 g/mol. The van der Waals surface area contributed by atoms with Gasteiger partial charge in [0.2, 0.25) is 11.9 Å². The van der Waals surface area contributed by atoms with Gasteiger partial charge in [-0.15, -0.1) is 0 Å². The number of carbonyl (C=O) groups excluding carboxylic acids is 1. The van der Waals surface area contributed by atoms with Gasteiger partial charge in [-0.3, -0.25) is 15.6 Å². The monoisotopic (exact) mass is 464 g/mol. The van der Waals surface area contributed by atoms with Gasteiger partial charge in [0.1, 0.15) is 5.82 Å². The van der Waals surface area contributed by atoms with Crippen molar-refractivity contribution in [3.05, 3.63) is 53.1 Å². The van der Waals surface area contributed by atoms with Crippen molar-refractivity contribution >= 4 is 17.9 Å². The highest BCUT2D eigenvalue weighted by atomic mass is 19.1. The number of hydrogen-bond acceptors (Lipinski definition) is 4. The third-order valence-electron chi connectivity index (χ3n) is 7.45. The average Bonchev–Trinajstić information content (AvgIpc) is 2.73. The lowest BCUT2D eigenvalue weighted by atomic mass is 9.53. The molecule has 2 aromatic rings. The summed E-state index contributed by atoms with van der Waals surface area (Å²) in [6.07, 6.45) is 7.83. The Morgan fingerprint density at radius 1 is 1.03 bits per heavy atom. The first-order chi connectivity index (χ1) is 16.3. The van der Waals surface area contributed by atoms with E-state index in [9.17, 15) is 9.18 Å². The maximum atomic E-state index is 13.2. The molecule has 1 heterocycles. The third kappa shape index (κ3) is 5.37. The van der Waals surface area contributed by atoms with E-state index in [-0.39, 0.29) is 17.4 Å². The van der Waals surface area contributed by atoms with Gasteiger partial charge in [-0.25, -0.2) is 19.2 Å². The smallest absolute Gasteiger partial charge is 0.321 e. The Kier molecular flexibility index (Phi) is 6.23. The SMILES string of the molecule is Cc1cc(C)nc(NC(=NCCc2ccc(F)cc2)NC(=O)NC23CC4CC(CC(C4)C2)C3)n1. The van der Waals surface area contributed by atoms with E-state index >= 15 is 0 Å². The molecule has 180 valence electrons. The zero-order chi connectivity index (χ0) is 23.7. The Bertz CT molecular complexity index is 1030. The van der Waals surface area contributed by atoms with Gasteiger partial charge in [0.25, 0.3) is 0 Å². The molecule has 1 aromatic carbocycles. The molecule has 6 rings (SSSR count). The molecule has 4 fully saturated rings. The standard InChI is InChI=1S/C26H33FN6O/c1-16-9-17(2)30-24(29-16)31-23(28-8-7-18-3-5-22(27)6-4-18)32-25(34)33-26-13-19-10-20(14-26)12-21(11-19)15-26/h3-6,9,19-21H,7-8,10-15H2,1-2H3,(H3,28,29,30,31,32,33,34). The molecule has 0 unspecified atom stereocenters. The summed E-state index contributed by atoms with van der Waals surface area (Å²) >= 11 is 0.